The molecule has 0 aromatic heterocycles. The average molecular weight is 662 g/mol. The fraction of sp³-hybridized carbons (Fsp3) is 0.475. The molecule has 49 heavy (non-hydrogen) atoms. The number of carbonyl (C=O) groups is 3. The number of rotatable bonds is 6. The Hall–Kier alpha value is -4.37. The zero-order chi connectivity index (χ0) is 33.6. The van der Waals surface area contributed by atoms with Gasteiger partial charge in [0.25, 0.3) is 5.91 Å². The molecule has 3 amide bonds. The average Bonchev–Trinajstić information content (AvgIpc) is 3.44. The maximum atomic E-state index is 13.1. The highest BCUT2D eigenvalue weighted by atomic mass is 16.3. The lowest BCUT2D eigenvalue weighted by atomic mass is 9.72. The van der Waals surface area contributed by atoms with Gasteiger partial charge in [0.15, 0.2) is 0 Å². The van der Waals surface area contributed by atoms with Crippen LogP contribution in [0, 0.1) is 11.8 Å². The molecule has 256 valence electrons. The maximum absolute atomic E-state index is 13.1. The van der Waals surface area contributed by atoms with E-state index in [1.54, 1.807) is 4.90 Å². The van der Waals surface area contributed by atoms with Gasteiger partial charge in [-0.15, -0.1) is 0 Å². The van der Waals surface area contributed by atoms with Crippen molar-refractivity contribution in [1.29, 1.82) is 0 Å². The molecular weight excluding hydrogens is 614 g/mol. The zero-order valence-corrected chi connectivity index (χ0v) is 28.4. The van der Waals surface area contributed by atoms with E-state index in [4.69, 9.17) is 0 Å². The minimum atomic E-state index is -0.580. The van der Waals surface area contributed by atoms with Gasteiger partial charge < -0.3 is 19.8 Å². The molecule has 3 atom stereocenters. The number of carbonyl (C=O) groups excluding carboxylic acids is 3. The Bertz CT molecular complexity index is 1740. The van der Waals surface area contributed by atoms with Gasteiger partial charge in [-0.05, 0) is 109 Å². The predicted octanol–water partition coefficient (Wildman–Crippen LogP) is 4.91. The highest BCUT2D eigenvalue weighted by Crippen LogP contribution is 2.42. The van der Waals surface area contributed by atoms with E-state index in [1.807, 2.05) is 24.3 Å². The number of hydrogen-bond acceptors (Lipinski definition) is 7. The fourth-order valence-corrected chi connectivity index (χ4v) is 9.05. The van der Waals surface area contributed by atoms with E-state index in [0.29, 0.717) is 42.0 Å². The Morgan fingerprint density at radius 2 is 1.49 bits per heavy atom. The molecule has 3 fully saturated rings. The molecule has 5 aliphatic rings. The summed E-state index contributed by atoms with van der Waals surface area (Å²) in [6, 6.07) is 20.7. The standard InChI is InChI=1S/C40H47N5O4/c1-26-2-3-29-23-33(46)9-11-34(29)38(26)28-4-6-31(7-5-28)43-16-14-27(15-17-43)24-42-18-20-44(21-19-42)32-8-10-35-30(22-32)25-45(40(35)49)36-12-13-37(47)41-39(36)48/h4-11,22-23,26-27,36,38,46H,2-3,12-21,24-25H2,1H3,(H,41,47,48)/t26-,36-,38+/m1/s1. The lowest BCUT2D eigenvalue weighted by Gasteiger charge is -2.40. The Kier molecular flexibility index (Phi) is 8.56. The molecule has 8 rings (SSSR count). The lowest BCUT2D eigenvalue weighted by molar-refractivity contribution is -0.136. The summed E-state index contributed by atoms with van der Waals surface area (Å²) in [5.41, 5.74) is 8.12. The number of piperazine rings is 1. The fourth-order valence-electron chi connectivity index (χ4n) is 9.05. The molecule has 4 heterocycles. The van der Waals surface area contributed by atoms with Crippen molar-refractivity contribution < 1.29 is 19.5 Å². The molecule has 4 aliphatic heterocycles. The third-order valence-corrected chi connectivity index (χ3v) is 11.9. The van der Waals surface area contributed by atoms with Crippen LogP contribution in [-0.4, -0.2) is 84.5 Å². The van der Waals surface area contributed by atoms with E-state index in [9.17, 15) is 19.5 Å². The quantitative estimate of drug-likeness (QED) is 0.363. The maximum Gasteiger partial charge on any atom is 0.255 e. The summed E-state index contributed by atoms with van der Waals surface area (Å²) in [5, 5.41) is 12.4. The van der Waals surface area contributed by atoms with Crippen LogP contribution in [-0.2, 0) is 22.6 Å². The number of phenols is 1. The largest absolute Gasteiger partial charge is 0.508 e. The highest BCUT2D eigenvalue weighted by Gasteiger charge is 2.39. The van der Waals surface area contributed by atoms with Gasteiger partial charge in [-0.3, -0.25) is 24.6 Å². The minimum absolute atomic E-state index is 0.119. The van der Waals surface area contributed by atoms with Gasteiger partial charge in [-0.25, -0.2) is 0 Å². The van der Waals surface area contributed by atoms with Crippen molar-refractivity contribution in [3.63, 3.8) is 0 Å². The Morgan fingerprint density at radius 1 is 0.755 bits per heavy atom. The molecule has 9 heteroatoms. The molecule has 3 aromatic rings. The van der Waals surface area contributed by atoms with E-state index in [-0.39, 0.29) is 24.1 Å². The van der Waals surface area contributed by atoms with Gasteiger partial charge in [0, 0.05) is 81.6 Å². The van der Waals surface area contributed by atoms with Gasteiger partial charge in [0.05, 0.1) is 0 Å². The van der Waals surface area contributed by atoms with Crippen LogP contribution in [0.25, 0.3) is 0 Å². The molecule has 3 aromatic carbocycles. The van der Waals surface area contributed by atoms with Crippen molar-refractivity contribution in [1.82, 2.24) is 15.1 Å². The SMILES string of the molecule is C[C@@H]1CCc2cc(O)ccc2[C@@H]1c1ccc(N2CCC(CN3CCN(c4ccc5c(c4)CN([C@@H]4CCC(=O)NC4=O)C5=O)CC3)CC2)cc1. The molecule has 0 spiro atoms. The summed E-state index contributed by atoms with van der Waals surface area (Å²) < 4.78 is 0. The van der Waals surface area contributed by atoms with E-state index >= 15 is 0 Å². The first-order valence-corrected chi connectivity index (χ1v) is 18.2. The highest BCUT2D eigenvalue weighted by molar-refractivity contribution is 6.05. The number of amides is 3. The number of benzene rings is 3. The molecule has 1 aliphatic carbocycles. The summed E-state index contributed by atoms with van der Waals surface area (Å²) in [6.07, 6.45) is 5.26. The van der Waals surface area contributed by atoms with Crippen LogP contribution in [0.4, 0.5) is 11.4 Å². The van der Waals surface area contributed by atoms with Gasteiger partial charge in [-0.1, -0.05) is 25.1 Å². The smallest absolute Gasteiger partial charge is 0.255 e. The Labute approximate surface area is 288 Å². The molecule has 3 saturated heterocycles. The first kappa shape index (κ1) is 31.9. The van der Waals surface area contributed by atoms with E-state index in [2.05, 4.69) is 63.3 Å². The third kappa shape index (κ3) is 6.29. The van der Waals surface area contributed by atoms with Crippen molar-refractivity contribution in [2.45, 2.75) is 64.0 Å². The number of aromatic hydroxyl groups is 1. The molecule has 0 saturated carbocycles. The minimum Gasteiger partial charge on any atom is -0.508 e. The van der Waals surface area contributed by atoms with Crippen LogP contribution < -0.4 is 15.1 Å². The van der Waals surface area contributed by atoms with Gasteiger partial charge >= 0.3 is 0 Å². The summed E-state index contributed by atoms with van der Waals surface area (Å²) in [5.74, 6) is 1.29. The number of hydrogen-bond donors (Lipinski definition) is 2. The summed E-state index contributed by atoms with van der Waals surface area (Å²) in [7, 11) is 0. The normalized spacial score (nSPS) is 25.0. The van der Waals surface area contributed by atoms with Crippen molar-refractivity contribution in [3.05, 3.63) is 88.5 Å². The van der Waals surface area contributed by atoms with Crippen molar-refractivity contribution in [2.75, 3.05) is 55.6 Å². The van der Waals surface area contributed by atoms with Crippen molar-refractivity contribution >= 4 is 29.1 Å². The summed E-state index contributed by atoms with van der Waals surface area (Å²) in [4.78, 5) is 46.3. The van der Waals surface area contributed by atoms with Crippen molar-refractivity contribution in [2.24, 2.45) is 11.8 Å². The number of nitrogens with one attached hydrogen (secondary N) is 1. The molecule has 2 N–H and O–H groups in total. The van der Waals surface area contributed by atoms with Crippen LogP contribution in [0.2, 0.25) is 0 Å². The zero-order valence-electron chi connectivity index (χ0n) is 28.4. The topological polar surface area (TPSA) is 96.4 Å². The predicted molar refractivity (Wildman–Crippen MR) is 190 cm³/mol. The summed E-state index contributed by atoms with van der Waals surface area (Å²) in [6.45, 7) is 10.1. The van der Waals surface area contributed by atoms with Gasteiger partial charge in [0.1, 0.15) is 11.8 Å². The van der Waals surface area contributed by atoms with Crippen LogP contribution in [0.1, 0.15) is 77.6 Å². The number of piperidine rings is 2. The second kappa shape index (κ2) is 13.2. The molecule has 0 unspecified atom stereocenters. The molecule has 9 nitrogen and oxygen atoms in total. The number of imide groups is 1. The van der Waals surface area contributed by atoms with Crippen LogP contribution >= 0.6 is 0 Å². The monoisotopic (exact) mass is 661 g/mol. The van der Waals surface area contributed by atoms with Gasteiger partial charge in [0.2, 0.25) is 11.8 Å². The number of nitrogens with zero attached hydrogens (tertiary/aromatic N) is 4. The number of phenolic OH excluding ortho intramolecular Hbond substituents is 1. The molecule has 0 bridgehead atoms. The number of anilines is 2. The molecule has 0 radical (unpaired) electrons. The summed E-state index contributed by atoms with van der Waals surface area (Å²) >= 11 is 0. The van der Waals surface area contributed by atoms with Crippen LogP contribution in [0.3, 0.4) is 0 Å². The van der Waals surface area contributed by atoms with Crippen molar-refractivity contribution in [3.8, 4) is 5.75 Å². The Morgan fingerprint density at radius 3 is 2.24 bits per heavy atom. The van der Waals surface area contributed by atoms with E-state index in [1.165, 1.54) is 35.2 Å². The number of fused-ring (bicyclic) bond motifs is 2. The lowest BCUT2D eigenvalue weighted by Crippen LogP contribution is -2.52. The van der Waals surface area contributed by atoms with Crippen LogP contribution in [0.5, 0.6) is 5.75 Å². The second-order valence-corrected chi connectivity index (χ2v) is 14.9. The van der Waals surface area contributed by atoms with E-state index in [0.717, 1.165) is 69.9 Å². The Balaban J connectivity index is 0.816. The van der Waals surface area contributed by atoms with Gasteiger partial charge in [-0.2, -0.15) is 0 Å². The molecular formula is C40H47N5O4. The van der Waals surface area contributed by atoms with E-state index < -0.39 is 6.04 Å². The first-order valence-electron chi connectivity index (χ1n) is 18.2. The number of aryl methyl sites for hydroxylation is 1. The second-order valence-electron chi connectivity index (χ2n) is 14.9. The first-order chi connectivity index (χ1) is 23.8. The van der Waals surface area contributed by atoms with Crippen LogP contribution in [0.15, 0.2) is 60.7 Å². The third-order valence-electron chi connectivity index (χ3n) is 11.9.